The molecule has 0 aliphatic rings. The van der Waals surface area contributed by atoms with Crippen LogP contribution in [0.1, 0.15) is 22.8 Å². The molecular weight excluding hydrogens is 272 g/mol. The van der Waals surface area contributed by atoms with E-state index in [9.17, 15) is 4.79 Å². The number of ether oxygens (including phenoxy) is 1. The van der Waals surface area contributed by atoms with Gasteiger partial charge < -0.3 is 15.8 Å². The normalized spacial score (nSPS) is 11.9. The lowest BCUT2D eigenvalue weighted by atomic mass is 10.1. The molecule has 1 aromatic carbocycles. The van der Waals surface area contributed by atoms with E-state index >= 15 is 0 Å². The van der Waals surface area contributed by atoms with Gasteiger partial charge in [-0.15, -0.1) is 0 Å². The molecule has 0 radical (unpaired) electrons. The Kier molecular flexibility index (Phi) is 4.63. The number of nitrogen functional groups attached to an aromatic ring is 1. The summed E-state index contributed by atoms with van der Waals surface area (Å²) in [5.41, 5.74) is 7.99. The van der Waals surface area contributed by atoms with Crippen molar-refractivity contribution in [1.82, 2.24) is 5.32 Å². The van der Waals surface area contributed by atoms with Crippen molar-refractivity contribution in [1.29, 1.82) is 0 Å². The lowest BCUT2D eigenvalue weighted by molar-refractivity contribution is 0.0941. The van der Waals surface area contributed by atoms with Crippen LogP contribution in [0.4, 0.5) is 5.69 Å². The Balaban J connectivity index is 2.00. The van der Waals surface area contributed by atoms with Crippen molar-refractivity contribution in [2.24, 2.45) is 0 Å². The number of benzene rings is 1. The van der Waals surface area contributed by atoms with Crippen molar-refractivity contribution in [3.63, 3.8) is 0 Å². The summed E-state index contributed by atoms with van der Waals surface area (Å²) in [6.07, 6.45) is 0.811. The maximum Gasteiger partial charge on any atom is 0.253 e. The number of thiophene rings is 1. The van der Waals surface area contributed by atoms with Gasteiger partial charge in [-0.05, 0) is 47.9 Å². The molecule has 5 heteroatoms. The van der Waals surface area contributed by atoms with Gasteiger partial charge in [0, 0.05) is 17.8 Å². The van der Waals surface area contributed by atoms with Gasteiger partial charge in [-0.3, -0.25) is 4.79 Å². The molecule has 1 aromatic heterocycles. The molecule has 0 saturated carbocycles. The van der Waals surface area contributed by atoms with E-state index in [4.69, 9.17) is 10.5 Å². The molecule has 4 nitrogen and oxygen atoms in total. The van der Waals surface area contributed by atoms with Crippen LogP contribution in [0.25, 0.3) is 0 Å². The van der Waals surface area contributed by atoms with Crippen LogP contribution in [0.5, 0.6) is 5.75 Å². The summed E-state index contributed by atoms with van der Waals surface area (Å²) < 4.78 is 5.07. The highest BCUT2D eigenvalue weighted by atomic mass is 32.1. The van der Waals surface area contributed by atoms with Gasteiger partial charge in [0.1, 0.15) is 5.75 Å². The first-order valence-electron chi connectivity index (χ1n) is 6.35. The highest BCUT2D eigenvalue weighted by Gasteiger charge is 2.13. The first-order valence-corrected chi connectivity index (χ1v) is 7.30. The highest BCUT2D eigenvalue weighted by Crippen LogP contribution is 2.19. The number of nitrogens with one attached hydrogen (secondary N) is 1. The smallest absolute Gasteiger partial charge is 0.253 e. The van der Waals surface area contributed by atoms with Crippen molar-refractivity contribution in [2.45, 2.75) is 19.4 Å². The molecule has 0 saturated heterocycles. The average molecular weight is 290 g/mol. The van der Waals surface area contributed by atoms with Crippen molar-refractivity contribution < 1.29 is 9.53 Å². The van der Waals surface area contributed by atoms with E-state index in [1.807, 2.05) is 12.3 Å². The van der Waals surface area contributed by atoms with Gasteiger partial charge in [-0.2, -0.15) is 11.3 Å². The van der Waals surface area contributed by atoms with E-state index < -0.39 is 0 Å². The SMILES string of the molecule is COc1ccc(C(=O)NC(C)Cc2ccsc2)c(N)c1. The van der Waals surface area contributed by atoms with Gasteiger partial charge in [-0.25, -0.2) is 0 Å². The summed E-state index contributed by atoms with van der Waals surface area (Å²) in [5.74, 6) is 0.484. The molecule has 3 N–H and O–H groups in total. The minimum Gasteiger partial charge on any atom is -0.497 e. The minimum absolute atomic E-state index is 0.0543. The summed E-state index contributed by atoms with van der Waals surface area (Å²) in [4.78, 5) is 12.2. The fraction of sp³-hybridized carbons (Fsp3) is 0.267. The van der Waals surface area contributed by atoms with Gasteiger partial charge in [-0.1, -0.05) is 0 Å². The number of carbonyl (C=O) groups excluding carboxylic acids is 1. The first-order chi connectivity index (χ1) is 9.60. The quantitative estimate of drug-likeness (QED) is 0.832. The van der Waals surface area contributed by atoms with E-state index in [0.717, 1.165) is 6.42 Å². The van der Waals surface area contributed by atoms with Crippen LogP contribution >= 0.6 is 11.3 Å². The van der Waals surface area contributed by atoms with Gasteiger partial charge in [0.25, 0.3) is 5.91 Å². The number of amides is 1. The lowest BCUT2D eigenvalue weighted by Crippen LogP contribution is -2.34. The molecule has 0 spiro atoms. The van der Waals surface area contributed by atoms with Crippen LogP contribution in [0, 0.1) is 0 Å². The van der Waals surface area contributed by atoms with Crippen molar-refractivity contribution in [2.75, 3.05) is 12.8 Å². The number of anilines is 1. The molecular formula is C15H18N2O2S. The molecule has 0 aliphatic carbocycles. The predicted octanol–water partition coefficient (Wildman–Crippen LogP) is 2.70. The van der Waals surface area contributed by atoms with Crippen LogP contribution in [-0.2, 0) is 6.42 Å². The number of hydrogen-bond donors (Lipinski definition) is 2. The van der Waals surface area contributed by atoms with E-state index in [0.29, 0.717) is 17.0 Å². The Labute approximate surface area is 122 Å². The standard InChI is InChI=1S/C15H18N2O2S/c1-10(7-11-5-6-20-9-11)17-15(18)13-4-3-12(19-2)8-14(13)16/h3-6,8-10H,7,16H2,1-2H3,(H,17,18). The van der Waals surface area contributed by atoms with Crippen LogP contribution in [0.3, 0.4) is 0 Å². The molecule has 1 heterocycles. The number of nitrogens with two attached hydrogens (primary N) is 1. The topological polar surface area (TPSA) is 64.3 Å². The second kappa shape index (κ2) is 6.43. The second-order valence-corrected chi connectivity index (χ2v) is 5.44. The zero-order valence-corrected chi connectivity index (χ0v) is 12.4. The largest absolute Gasteiger partial charge is 0.497 e. The number of rotatable bonds is 5. The van der Waals surface area contributed by atoms with Gasteiger partial charge in [0.2, 0.25) is 0 Å². The fourth-order valence-electron chi connectivity index (χ4n) is 1.99. The molecule has 0 aliphatic heterocycles. The summed E-state index contributed by atoms with van der Waals surface area (Å²) in [6, 6.07) is 7.18. The molecule has 20 heavy (non-hydrogen) atoms. The lowest BCUT2D eigenvalue weighted by Gasteiger charge is -2.14. The van der Waals surface area contributed by atoms with Crippen LogP contribution in [0.2, 0.25) is 0 Å². The Morgan fingerprint density at radius 3 is 2.85 bits per heavy atom. The second-order valence-electron chi connectivity index (χ2n) is 4.66. The molecule has 1 unspecified atom stereocenters. The molecule has 2 rings (SSSR count). The van der Waals surface area contributed by atoms with Gasteiger partial charge in [0.05, 0.1) is 12.7 Å². The molecule has 1 amide bonds. The van der Waals surface area contributed by atoms with Crippen molar-refractivity contribution >= 4 is 22.9 Å². The van der Waals surface area contributed by atoms with Crippen LogP contribution in [-0.4, -0.2) is 19.1 Å². The van der Waals surface area contributed by atoms with Crippen LogP contribution in [0.15, 0.2) is 35.0 Å². The minimum atomic E-state index is -0.159. The van der Waals surface area contributed by atoms with E-state index in [2.05, 4.69) is 16.8 Å². The molecule has 1 atom stereocenters. The summed E-state index contributed by atoms with van der Waals surface area (Å²) in [6.45, 7) is 1.98. The predicted molar refractivity (Wildman–Crippen MR) is 82.4 cm³/mol. The number of methoxy groups -OCH3 is 1. The van der Waals surface area contributed by atoms with E-state index in [1.165, 1.54) is 5.56 Å². The first kappa shape index (κ1) is 14.4. The maximum absolute atomic E-state index is 12.2. The third-order valence-electron chi connectivity index (χ3n) is 3.00. The van der Waals surface area contributed by atoms with Crippen molar-refractivity contribution in [3.05, 3.63) is 46.2 Å². The number of carbonyl (C=O) groups is 1. The van der Waals surface area contributed by atoms with Crippen LogP contribution < -0.4 is 15.8 Å². The summed E-state index contributed by atoms with van der Waals surface area (Å²) >= 11 is 1.66. The highest BCUT2D eigenvalue weighted by molar-refractivity contribution is 7.07. The zero-order valence-electron chi connectivity index (χ0n) is 11.6. The summed E-state index contributed by atoms with van der Waals surface area (Å²) in [5, 5.41) is 7.08. The average Bonchev–Trinajstić information content (AvgIpc) is 2.90. The Morgan fingerprint density at radius 2 is 2.25 bits per heavy atom. The van der Waals surface area contributed by atoms with E-state index in [1.54, 1.807) is 36.6 Å². The van der Waals surface area contributed by atoms with E-state index in [-0.39, 0.29) is 11.9 Å². The maximum atomic E-state index is 12.2. The third-order valence-corrected chi connectivity index (χ3v) is 3.73. The van der Waals surface area contributed by atoms with Crippen molar-refractivity contribution in [3.8, 4) is 5.75 Å². The Bertz CT molecular complexity index is 582. The molecule has 2 aromatic rings. The Morgan fingerprint density at radius 1 is 1.45 bits per heavy atom. The summed E-state index contributed by atoms with van der Waals surface area (Å²) in [7, 11) is 1.57. The number of hydrogen-bond acceptors (Lipinski definition) is 4. The molecule has 0 bridgehead atoms. The molecule has 0 fully saturated rings. The van der Waals surface area contributed by atoms with Gasteiger partial charge >= 0.3 is 0 Å². The zero-order chi connectivity index (χ0) is 14.5. The molecule has 106 valence electrons. The fourth-order valence-corrected chi connectivity index (χ4v) is 2.67. The van der Waals surface area contributed by atoms with Gasteiger partial charge in [0.15, 0.2) is 0 Å². The Hall–Kier alpha value is -2.01. The third kappa shape index (κ3) is 3.51. The monoisotopic (exact) mass is 290 g/mol.